The highest BCUT2D eigenvalue weighted by atomic mass is 15.2. The Balaban J connectivity index is 1.92. The Bertz CT molecular complexity index is 296. The van der Waals surface area contributed by atoms with Crippen LogP contribution >= 0.6 is 0 Å². The molecule has 96 valence electrons. The van der Waals surface area contributed by atoms with Crippen molar-refractivity contribution in [1.82, 2.24) is 10.2 Å². The van der Waals surface area contributed by atoms with Crippen LogP contribution in [0.4, 0.5) is 0 Å². The lowest BCUT2D eigenvalue weighted by atomic mass is 9.99. The molecule has 1 aliphatic carbocycles. The molecule has 1 saturated heterocycles. The molecule has 0 aromatic heterocycles. The van der Waals surface area contributed by atoms with Gasteiger partial charge in [0, 0.05) is 12.6 Å². The Morgan fingerprint density at radius 1 is 1.41 bits per heavy atom. The van der Waals surface area contributed by atoms with E-state index in [1.807, 2.05) is 0 Å². The number of nitrogens with zero attached hydrogens (tertiary/aromatic N) is 2. The second-order valence-electron chi connectivity index (χ2n) is 5.68. The van der Waals surface area contributed by atoms with Gasteiger partial charge >= 0.3 is 0 Å². The summed E-state index contributed by atoms with van der Waals surface area (Å²) < 4.78 is 0. The van der Waals surface area contributed by atoms with E-state index in [-0.39, 0.29) is 5.54 Å². The normalized spacial score (nSPS) is 38.4. The van der Waals surface area contributed by atoms with Crippen LogP contribution in [0.25, 0.3) is 0 Å². The molecule has 2 aliphatic rings. The summed E-state index contributed by atoms with van der Waals surface area (Å²) in [6, 6.07) is 3.16. The molecule has 0 bridgehead atoms. The Morgan fingerprint density at radius 3 is 2.82 bits per heavy atom. The van der Waals surface area contributed by atoms with Gasteiger partial charge < -0.3 is 0 Å². The van der Waals surface area contributed by atoms with Crippen LogP contribution in [-0.2, 0) is 0 Å². The van der Waals surface area contributed by atoms with Gasteiger partial charge in [0.1, 0.15) is 5.54 Å². The first-order chi connectivity index (χ1) is 8.23. The average Bonchev–Trinajstić information content (AvgIpc) is 2.96. The lowest BCUT2D eigenvalue weighted by Gasteiger charge is -2.26. The zero-order valence-corrected chi connectivity index (χ0v) is 11.2. The molecule has 3 heteroatoms. The van der Waals surface area contributed by atoms with Crippen LogP contribution in [0.1, 0.15) is 46.0 Å². The van der Waals surface area contributed by atoms with Gasteiger partial charge in [0.2, 0.25) is 0 Å². The molecule has 0 aromatic rings. The summed E-state index contributed by atoms with van der Waals surface area (Å²) in [6.45, 7) is 7.79. The maximum absolute atomic E-state index is 9.38. The molecule has 1 aliphatic heterocycles. The number of nitriles is 1. The van der Waals surface area contributed by atoms with E-state index >= 15 is 0 Å². The monoisotopic (exact) mass is 235 g/mol. The van der Waals surface area contributed by atoms with E-state index in [2.05, 4.69) is 30.1 Å². The first-order valence-corrected chi connectivity index (χ1v) is 7.13. The van der Waals surface area contributed by atoms with E-state index in [0.717, 1.165) is 25.3 Å². The minimum Gasteiger partial charge on any atom is -0.300 e. The van der Waals surface area contributed by atoms with Gasteiger partial charge in [-0.1, -0.05) is 20.3 Å². The second kappa shape index (κ2) is 5.37. The lowest BCUT2D eigenvalue weighted by molar-refractivity contribution is 0.228. The number of hydrogen-bond donors (Lipinski definition) is 1. The van der Waals surface area contributed by atoms with Crippen molar-refractivity contribution in [1.29, 1.82) is 5.26 Å². The average molecular weight is 235 g/mol. The smallest absolute Gasteiger partial charge is 0.108 e. The molecule has 3 atom stereocenters. The molecule has 3 unspecified atom stereocenters. The summed E-state index contributed by atoms with van der Waals surface area (Å²) in [5.41, 5.74) is -0.232. The van der Waals surface area contributed by atoms with Crippen molar-refractivity contribution >= 4 is 0 Å². The minimum absolute atomic E-state index is 0.232. The maximum Gasteiger partial charge on any atom is 0.108 e. The molecule has 2 rings (SSSR count). The molecule has 0 aromatic carbocycles. The van der Waals surface area contributed by atoms with Gasteiger partial charge in [-0.3, -0.25) is 10.2 Å². The third-order valence-corrected chi connectivity index (χ3v) is 4.63. The fraction of sp³-hybridized carbons (Fsp3) is 0.929. The zero-order valence-electron chi connectivity index (χ0n) is 11.2. The summed E-state index contributed by atoms with van der Waals surface area (Å²) >= 11 is 0. The molecular weight excluding hydrogens is 210 g/mol. The quantitative estimate of drug-likeness (QED) is 0.811. The van der Waals surface area contributed by atoms with Crippen LogP contribution in [0, 0.1) is 17.2 Å². The van der Waals surface area contributed by atoms with Crippen molar-refractivity contribution in [2.45, 2.75) is 57.5 Å². The number of hydrogen-bond acceptors (Lipinski definition) is 3. The predicted molar refractivity (Wildman–Crippen MR) is 69.6 cm³/mol. The van der Waals surface area contributed by atoms with Gasteiger partial charge in [-0.05, 0) is 44.7 Å². The van der Waals surface area contributed by atoms with Crippen LogP contribution in [0.2, 0.25) is 0 Å². The SMILES string of the molecule is CCNC1(C#N)CCC(N2CCC(CC)C2)C1. The number of nitrogens with one attached hydrogen (secondary N) is 1. The standard InChI is InChI=1S/C14H25N3/c1-3-12-6-8-17(10-12)13-5-7-14(9-13,11-15)16-4-2/h12-13,16H,3-10H2,1-2H3. The van der Waals surface area contributed by atoms with Gasteiger partial charge in [0.25, 0.3) is 0 Å². The summed E-state index contributed by atoms with van der Waals surface area (Å²) in [7, 11) is 0. The largest absolute Gasteiger partial charge is 0.300 e. The molecule has 0 amide bonds. The van der Waals surface area contributed by atoms with Crippen molar-refractivity contribution in [3.05, 3.63) is 0 Å². The summed E-state index contributed by atoms with van der Waals surface area (Å²) in [6.07, 6.45) is 5.90. The van der Waals surface area contributed by atoms with Gasteiger partial charge in [-0.15, -0.1) is 0 Å². The first kappa shape index (κ1) is 12.9. The van der Waals surface area contributed by atoms with Crippen molar-refractivity contribution in [3.8, 4) is 6.07 Å². The summed E-state index contributed by atoms with van der Waals surface area (Å²) in [5, 5.41) is 12.8. The topological polar surface area (TPSA) is 39.1 Å². The van der Waals surface area contributed by atoms with Gasteiger partial charge in [-0.25, -0.2) is 0 Å². The molecule has 3 nitrogen and oxygen atoms in total. The number of likely N-dealkylation sites (tertiary alicyclic amines) is 1. The first-order valence-electron chi connectivity index (χ1n) is 7.13. The molecule has 1 heterocycles. The highest BCUT2D eigenvalue weighted by Crippen LogP contribution is 2.35. The molecular formula is C14H25N3. The fourth-order valence-corrected chi connectivity index (χ4v) is 3.50. The lowest BCUT2D eigenvalue weighted by Crippen LogP contribution is -2.43. The fourth-order valence-electron chi connectivity index (χ4n) is 3.50. The van der Waals surface area contributed by atoms with Crippen molar-refractivity contribution in [2.24, 2.45) is 5.92 Å². The van der Waals surface area contributed by atoms with Crippen LogP contribution in [0.3, 0.4) is 0 Å². The highest BCUT2D eigenvalue weighted by molar-refractivity contribution is 5.13. The van der Waals surface area contributed by atoms with Crippen LogP contribution < -0.4 is 5.32 Å². The summed E-state index contributed by atoms with van der Waals surface area (Å²) in [5.74, 6) is 0.895. The third kappa shape index (κ3) is 2.64. The Kier molecular flexibility index (Phi) is 4.06. The molecule has 1 N–H and O–H groups in total. The van der Waals surface area contributed by atoms with E-state index in [1.54, 1.807) is 0 Å². The zero-order chi connectivity index (χ0) is 12.3. The van der Waals surface area contributed by atoms with Gasteiger partial charge in [-0.2, -0.15) is 5.26 Å². The number of rotatable bonds is 4. The highest BCUT2D eigenvalue weighted by Gasteiger charge is 2.42. The molecule has 17 heavy (non-hydrogen) atoms. The predicted octanol–water partition coefficient (Wildman–Crippen LogP) is 2.14. The van der Waals surface area contributed by atoms with E-state index in [1.165, 1.54) is 32.4 Å². The minimum atomic E-state index is -0.232. The maximum atomic E-state index is 9.38. The van der Waals surface area contributed by atoms with Crippen LogP contribution in [0.15, 0.2) is 0 Å². The van der Waals surface area contributed by atoms with Crippen LogP contribution in [-0.4, -0.2) is 36.1 Å². The van der Waals surface area contributed by atoms with E-state index in [9.17, 15) is 5.26 Å². The Hall–Kier alpha value is -0.590. The van der Waals surface area contributed by atoms with Gasteiger partial charge in [0.15, 0.2) is 0 Å². The van der Waals surface area contributed by atoms with Crippen molar-refractivity contribution in [3.63, 3.8) is 0 Å². The van der Waals surface area contributed by atoms with E-state index < -0.39 is 0 Å². The molecule has 0 spiro atoms. The molecule has 2 fully saturated rings. The summed E-state index contributed by atoms with van der Waals surface area (Å²) in [4.78, 5) is 2.63. The second-order valence-corrected chi connectivity index (χ2v) is 5.68. The van der Waals surface area contributed by atoms with Crippen molar-refractivity contribution < 1.29 is 0 Å². The Morgan fingerprint density at radius 2 is 2.24 bits per heavy atom. The van der Waals surface area contributed by atoms with Crippen LogP contribution in [0.5, 0.6) is 0 Å². The third-order valence-electron chi connectivity index (χ3n) is 4.63. The van der Waals surface area contributed by atoms with Crippen molar-refractivity contribution in [2.75, 3.05) is 19.6 Å². The molecule has 0 radical (unpaired) electrons. The Labute approximate surface area is 105 Å². The van der Waals surface area contributed by atoms with E-state index in [4.69, 9.17) is 0 Å². The molecule has 1 saturated carbocycles. The van der Waals surface area contributed by atoms with Gasteiger partial charge in [0.05, 0.1) is 6.07 Å². The van der Waals surface area contributed by atoms with E-state index in [0.29, 0.717) is 6.04 Å².